The number of carbonyl (C=O) groups excluding carboxylic acids is 2. The molecule has 2 atom stereocenters. The van der Waals surface area contributed by atoms with Gasteiger partial charge in [0.1, 0.15) is 5.25 Å². The average molecular weight is 423 g/mol. The second kappa shape index (κ2) is 9.25. The molecule has 0 unspecified atom stereocenters. The van der Waals surface area contributed by atoms with E-state index in [0.29, 0.717) is 6.54 Å². The number of nitrogens with zero attached hydrogens (tertiary/aromatic N) is 1. The van der Waals surface area contributed by atoms with Crippen LogP contribution in [-0.2, 0) is 16.1 Å². The average Bonchev–Trinajstić information content (AvgIpc) is 2.77. The van der Waals surface area contributed by atoms with E-state index >= 15 is 0 Å². The van der Waals surface area contributed by atoms with Crippen LogP contribution in [0.2, 0.25) is 0 Å². The molecule has 0 radical (unpaired) electrons. The smallest absolute Gasteiger partial charge is 0.241 e. The summed E-state index contributed by atoms with van der Waals surface area (Å²) in [6, 6.07) is 16.6. The van der Waals surface area contributed by atoms with Gasteiger partial charge in [0.15, 0.2) is 0 Å². The highest BCUT2D eigenvalue weighted by atomic mass is 32.2. The lowest BCUT2D eigenvalue weighted by atomic mass is 9.94. The molecule has 1 saturated carbocycles. The molecule has 0 spiro atoms. The minimum Gasteiger partial charge on any atom is -0.353 e. The molecular weight excluding hydrogens is 392 g/mol. The van der Waals surface area contributed by atoms with Crippen LogP contribution in [0.15, 0.2) is 53.4 Å². The summed E-state index contributed by atoms with van der Waals surface area (Å²) in [5.74, 6) is -0.355. The Balaban J connectivity index is 1.54. The SMILES string of the molecule is Cc1ccc(CN2C(=O)[C@@H]([C@H](C)C(=O)NC3CCCCC3)Sc3ccccc32)cc1. The second-order valence-corrected chi connectivity index (χ2v) is 9.73. The second-order valence-electron chi connectivity index (χ2n) is 8.55. The van der Waals surface area contributed by atoms with Gasteiger partial charge in [-0.2, -0.15) is 0 Å². The van der Waals surface area contributed by atoms with Gasteiger partial charge in [-0.3, -0.25) is 9.59 Å². The minimum absolute atomic E-state index is 0.00224. The molecule has 158 valence electrons. The topological polar surface area (TPSA) is 49.4 Å². The maximum atomic E-state index is 13.5. The van der Waals surface area contributed by atoms with Gasteiger partial charge in [-0.05, 0) is 37.5 Å². The quantitative estimate of drug-likeness (QED) is 0.730. The molecule has 1 heterocycles. The highest BCUT2D eigenvalue weighted by Gasteiger charge is 2.39. The van der Waals surface area contributed by atoms with Gasteiger partial charge in [0.2, 0.25) is 11.8 Å². The Morgan fingerprint density at radius 1 is 1.10 bits per heavy atom. The Labute approximate surface area is 183 Å². The maximum Gasteiger partial charge on any atom is 0.241 e. The van der Waals surface area contributed by atoms with Gasteiger partial charge < -0.3 is 10.2 Å². The van der Waals surface area contributed by atoms with E-state index in [1.165, 1.54) is 36.6 Å². The Morgan fingerprint density at radius 3 is 2.53 bits per heavy atom. The van der Waals surface area contributed by atoms with E-state index < -0.39 is 5.25 Å². The number of fused-ring (bicyclic) bond motifs is 1. The van der Waals surface area contributed by atoms with Crippen LogP contribution < -0.4 is 10.2 Å². The molecule has 2 amide bonds. The van der Waals surface area contributed by atoms with E-state index in [-0.39, 0.29) is 23.8 Å². The highest BCUT2D eigenvalue weighted by Crippen LogP contribution is 2.42. The molecule has 4 nitrogen and oxygen atoms in total. The minimum atomic E-state index is -0.408. The standard InChI is InChI=1S/C25H30N2O2S/c1-17-12-14-19(15-13-17)16-27-21-10-6-7-11-22(21)30-23(25(27)29)18(2)24(28)26-20-8-4-3-5-9-20/h6-7,10-15,18,20,23H,3-5,8-9,16H2,1-2H3,(H,26,28)/t18-,23+/m0/s1. The fourth-order valence-corrected chi connectivity index (χ4v) is 5.60. The molecule has 30 heavy (non-hydrogen) atoms. The summed E-state index contributed by atoms with van der Waals surface area (Å²) in [6.07, 6.45) is 5.70. The number of benzene rings is 2. The molecule has 1 fully saturated rings. The van der Waals surface area contributed by atoms with Gasteiger partial charge in [-0.15, -0.1) is 11.8 Å². The molecule has 2 aliphatic rings. The van der Waals surface area contributed by atoms with Crippen molar-refractivity contribution in [3.05, 3.63) is 59.7 Å². The fourth-order valence-electron chi connectivity index (χ4n) is 4.31. The van der Waals surface area contributed by atoms with Crippen molar-refractivity contribution >= 4 is 29.3 Å². The Hall–Kier alpha value is -2.27. The number of nitrogens with one attached hydrogen (secondary N) is 1. The van der Waals surface area contributed by atoms with Crippen LogP contribution in [0.5, 0.6) is 0 Å². The van der Waals surface area contributed by atoms with E-state index in [4.69, 9.17) is 0 Å². The van der Waals surface area contributed by atoms with Crippen molar-refractivity contribution in [2.45, 2.75) is 68.7 Å². The predicted octanol–water partition coefficient (Wildman–Crippen LogP) is 5.09. The highest BCUT2D eigenvalue weighted by molar-refractivity contribution is 8.01. The number of carbonyl (C=O) groups is 2. The monoisotopic (exact) mass is 422 g/mol. The van der Waals surface area contributed by atoms with Crippen molar-refractivity contribution in [3.63, 3.8) is 0 Å². The summed E-state index contributed by atoms with van der Waals surface area (Å²) < 4.78 is 0. The number of aryl methyl sites for hydroxylation is 1. The third-order valence-electron chi connectivity index (χ3n) is 6.20. The van der Waals surface area contributed by atoms with Crippen molar-refractivity contribution in [2.75, 3.05) is 4.90 Å². The van der Waals surface area contributed by atoms with Gasteiger partial charge in [0, 0.05) is 10.9 Å². The first-order valence-electron chi connectivity index (χ1n) is 11.0. The molecule has 0 aromatic heterocycles. The zero-order valence-corrected chi connectivity index (χ0v) is 18.6. The number of anilines is 1. The fraction of sp³-hybridized carbons (Fsp3) is 0.440. The molecule has 4 rings (SSSR count). The molecule has 2 aromatic rings. The van der Waals surface area contributed by atoms with E-state index in [1.807, 2.05) is 36.1 Å². The third-order valence-corrected chi connectivity index (χ3v) is 7.66. The van der Waals surface area contributed by atoms with Crippen LogP contribution >= 0.6 is 11.8 Å². The summed E-state index contributed by atoms with van der Waals surface area (Å²) in [4.78, 5) is 29.4. The number of hydrogen-bond donors (Lipinski definition) is 1. The van der Waals surface area contributed by atoms with Gasteiger partial charge in [-0.25, -0.2) is 0 Å². The van der Waals surface area contributed by atoms with Crippen LogP contribution in [0, 0.1) is 12.8 Å². The first-order valence-corrected chi connectivity index (χ1v) is 11.8. The molecule has 0 saturated heterocycles. The summed E-state index contributed by atoms with van der Waals surface area (Å²) in [7, 11) is 0. The predicted molar refractivity (Wildman–Crippen MR) is 123 cm³/mol. The van der Waals surface area contributed by atoms with Crippen molar-refractivity contribution in [1.29, 1.82) is 0 Å². The number of amides is 2. The number of para-hydroxylation sites is 1. The lowest BCUT2D eigenvalue weighted by Gasteiger charge is -2.36. The number of hydrogen-bond acceptors (Lipinski definition) is 3. The van der Waals surface area contributed by atoms with Gasteiger partial charge in [0.05, 0.1) is 18.2 Å². The number of rotatable bonds is 5. The van der Waals surface area contributed by atoms with Crippen LogP contribution in [0.25, 0.3) is 0 Å². The van der Waals surface area contributed by atoms with Crippen LogP contribution in [-0.4, -0.2) is 23.1 Å². The van der Waals surface area contributed by atoms with Crippen molar-refractivity contribution < 1.29 is 9.59 Å². The zero-order valence-electron chi connectivity index (χ0n) is 17.8. The van der Waals surface area contributed by atoms with E-state index in [0.717, 1.165) is 29.0 Å². The zero-order chi connectivity index (χ0) is 21.1. The summed E-state index contributed by atoms with van der Waals surface area (Å²) in [5, 5.41) is 2.80. The van der Waals surface area contributed by atoms with Gasteiger partial charge in [-0.1, -0.05) is 68.1 Å². The molecule has 1 aliphatic heterocycles. The summed E-state index contributed by atoms with van der Waals surface area (Å²) in [6.45, 7) is 4.47. The van der Waals surface area contributed by atoms with Gasteiger partial charge >= 0.3 is 0 Å². The Bertz CT molecular complexity index is 906. The molecule has 1 N–H and O–H groups in total. The van der Waals surface area contributed by atoms with E-state index in [1.54, 1.807) is 0 Å². The van der Waals surface area contributed by atoms with Crippen molar-refractivity contribution in [2.24, 2.45) is 5.92 Å². The number of thioether (sulfide) groups is 1. The van der Waals surface area contributed by atoms with E-state index in [9.17, 15) is 9.59 Å². The third kappa shape index (κ3) is 4.56. The summed E-state index contributed by atoms with van der Waals surface area (Å²) in [5.41, 5.74) is 3.23. The largest absolute Gasteiger partial charge is 0.353 e. The molecule has 0 bridgehead atoms. The first-order chi connectivity index (χ1) is 14.5. The molecular formula is C25H30N2O2S. The van der Waals surface area contributed by atoms with Crippen LogP contribution in [0.3, 0.4) is 0 Å². The Morgan fingerprint density at radius 2 is 1.80 bits per heavy atom. The van der Waals surface area contributed by atoms with Crippen molar-refractivity contribution in [1.82, 2.24) is 5.32 Å². The van der Waals surface area contributed by atoms with Crippen LogP contribution in [0.1, 0.15) is 50.2 Å². The normalized spacial score (nSPS) is 20.5. The molecule has 2 aromatic carbocycles. The lowest BCUT2D eigenvalue weighted by molar-refractivity contribution is -0.129. The summed E-state index contributed by atoms with van der Waals surface area (Å²) >= 11 is 1.53. The molecule has 5 heteroatoms. The maximum absolute atomic E-state index is 13.5. The van der Waals surface area contributed by atoms with Crippen LogP contribution in [0.4, 0.5) is 5.69 Å². The lowest BCUT2D eigenvalue weighted by Crippen LogP contribution is -2.49. The van der Waals surface area contributed by atoms with Gasteiger partial charge in [0.25, 0.3) is 0 Å². The first kappa shape index (κ1) is 21.0. The Kier molecular flexibility index (Phi) is 6.47. The van der Waals surface area contributed by atoms with Crippen molar-refractivity contribution in [3.8, 4) is 0 Å². The van der Waals surface area contributed by atoms with E-state index in [2.05, 4.69) is 36.5 Å². The molecule has 1 aliphatic carbocycles.